The molecule has 0 aromatic heterocycles. The van der Waals surface area contributed by atoms with E-state index in [1.807, 2.05) is 0 Å². The zero-order valence-electron chi connectivity index (χ0n) is 8.04. The van der Waals surface area contributed by atoms with Crippen molar-refractivity contribution in [3.8, 4) is 0 Å². The third kappa shape index (κ3) is 6.36. The van der Waals surface area contributed by atoms with E-state index in [9.17, 15) is 4.79 Å². The summed E-state index contributed by atoms with van der Waals surface area (Å²) in [4.78, 5) is 10.6. The van der Waals surface area contributed by atoms with Gasteiger partial charge in [-0.05, 0) is 38.3 Å². The lowest BCUT2D eigenvalue weighted by Crippen LogP contribution is -2.27. The summed E-state index contributed by atoms with van der Waals surface area (Å²) in [6.07, 6.45) is 3.79. The minimum absolute atomic E-state index is 0. The van der Waals surface area contributed by atoms with Gasteiger partial charge < -0.3 is 5.32 Å². The number of thioether (sulfide) groups is 1. The highest BCUT2D eigenvalue weighted by Crippen LogP contribution is 2.18. The summed E-state index contributed by atoms with van der Waals surface area (Å²) in [7, 11) is 0. The second kappa shape index (κ2) is 7.65. The Bertz CT molecular complexity index is 149. The molecule has 0 atom stereocenters. The van der Waals surface area contributed by atoms with Crippen LogP contribution < -0.4 is 5.32 Å². The van der Waals surface area contributed by atoms with Crippen LogP contribution in [0.3, 0.4) is 0 Å². The van der Waals surface area contributed by atoms with Crippen molar-refractivity contribution in [2.75, 3.05) is 18.8 Å². The number of rotatable bonds is 3. The number of carbonyl (C=O) groups is 1. The van der Waals surface area contributed by atoms with Gasteiger partial charge in [-0.3, -0.25) is 4.79 Å². The lowest BCUT2D eigenvalue weighted by molar-refractivity contribution is -0.109. The molecule has 0 aromatic carbocycles. The third-order valence-electron chi connectivity index (χ3n) is 2.29. The molecule has 0 radical (unpaired) electrons. The van der Waals surface area contributed by atoms with Crippen molar-refractivity contribution in [2.24, 2.45) is 5.92 Å². The van der Waals surface area contributed by atoms with Gasteiger partial charge in [0.25, 0.3) is 0 Å². The zero-order valence-corrected chi connectivity index (χ0v) is 9.68. The topological polar surface area (TPSA) is 29.1 Å². The van der Waals surface area contributed by atoms with Crippen LogP contribution >= 0.6 is 24.2 Å². The smallest absolute Gasteiger partial charge is 0.185 e. The maximum atomic E-state index is 10.6. The van der Waals surface area contributed by atoms with E-state index in [1.54, 1.807) is 6.92 Å². The van der Waals surface area contributed by atoms with Crippen molar-refractivity contribution in [1.29, 1.82) is 0 Å². The molecule has 2 nitrogen and oxygen atoms in total. The number of piperidine rings is 1. The first-order valence-corrected chi connectivity index (χ1v) is 5.61. The van der Waals surface area contributed by atoms with E-state index < -0.39 is 0 Å². The predicted molar refractivity (Wildman–Crippen MR) is 60.6 cm³/mol. The summed E-state index contributed by atoms with van der Waals surface area (Å²) >= 11 is 1.47. The Kier molecular flexibility index (Phi) is 7.81. The summed E-state index contributed by atoms with van der Waals surface area (Å²) in [6.45, 7) is 3.97. The second-order valence-corrected chi connectivity index (χ2v) is 4.59. The van der Waals surface area contributed by atoms with Gasteiger partial charge in [-0.1, -0.05) is 11.8 Å². The number of hydrogen-bond acceptors (Lipinski definition) is 3. The Morgan fingerprint density at radius 3 is 2.62 bits per heavy atom. The van der Waals surface area contributed by atoms with E-state index in [1.165, 1.54) is 31.0 Å². The maximum absolute atomic E-state index is 10.6. The van der Waals surface area contributed by atoms with Gasteiger partial charge in [-0.2, -0.15) is 0 Å². The minimum Gasteiger partial charge on any atom is -0.317 e. The second-order valence-electron chi connectivity index (χ2n) is 3.32. The highest BCUT2D eigenvalue weighted by atomic mass is 35.5. The summed E-state index contributed by atoms with van der Waals surface area (Å²) < 4.78 is 0. The molecule has 0 bridgehead atoms. The van der Waals surface area contributed by atoms with Crippen LogP contribution in [0.2, 0.25) is 0 Å². The quantitative estimate of drug-likeness (QED) is 0.795. The number of halogens is 1. The fourth-order valence-corrected chi connectivity index (χ4v) is 2.28. The van der Waals surface area contributed by atoms with Gasteiger partial charge >= 0.3 is 0 Å². The van der Waals surface area contributed by atoms with Crippen molar-refractivity contribution < 1.29 is 4.79 Å². The fourth-order valence-electron chi connectivity index (χ4n) is 1.54. The number of nitrogens with one attached hydrogen (secondary N) is 1. The zero-order chi connectivity index (χ0) is 8.81. The molecule has 78 valence electrons. The van der Waals surface area contributed by atoms with Crippen molar-refractivity contribution in [1.82, 2.24) is 5.32 Å². The van der Waals surface area contributed by atoms with E-state index >= 15 is 0 Å². The molecular formula is C9H18ClNOS. The Morgan fingerprint density at radius 2 is 2.08 bits per heavy atom. The highest BCUT2D eigenvalue weighted by molar-refractivity contribution is 8.13. The molecule has 1 N–H and O–H groups in total. The van der Waals surface area contributed by atoms with Crippen molar-refractivity contribution in [3.63, 3.8) is 0 Å². The lowest BCUT2D eigenvalue weighted by atomic mass is 9.96. The molecule has 0 aliphatic carbocycles. The molecule has 1 heterocycles. The first kappa shape index (κ1) is 13.3. The maximum Gasteiger partial charge on any atom is 0.185 e. The van der Waals surface area contributed by atoms with Gasteiger partial charge in [0.1, 0.15) is 0 Å². The standard InChI is InChI=1S/C9H17NOS.ClH/c1-8(11)12-7-4-9-2-5-10-6-3-9;/h9-10H,2-7H2,1H3;1H. The highest BCUT2D eigenvalue weighted by Gasteiger charge is 2.12. The molecule has 0 spiro atoms. The van der Waals surface area contributed by atoms with Gasteiger partial charge in [-0.25, -0.2) is 0 Å². The van der Waals surface area contributed by atoms with Crippen LogP contribution in [0.25, 0.3) is 0 Å². The summed E-state index contributed by atoms with van der Waals surface area (Å²) in [5, 5.41) is 3.59. The van der Waals surface area contributed by atoms with Crippen LogP contribution in [0.1, 0.15) is 26.2 Å². The number of carbonyl (C=O) groups excluding carboxylic acids is 1. The average Bonchev–Trinajstić information content (AvgIpc) is 2.05. The van der Waals surface area contributed by atoms with E-state index in [4.69, 9.17) is 0 Å². The Morgan fingerprint density at radius 1 is 1.46 bits per heavy atom. The lowest BCUT2D eigenvalue weighted by Gasteiger charge is -2.21. The van der Waals surface area contributed by atoms with Gasteiger partial charge in [-0.15, -0.1) is 12.4 Å². The minimum atomic E-state index is 0. The Hall–Kier alpha value is 0.270. The van der Waals surface area contributed by atoms with Crippen LogP contribution in [-0.2, 0) is 4.79 Å². The van der Waals surface area contributed by atoms with E-state index in [0.29, 0.717) is 0 Å². The summed E-state index contributed by atoms with van der Waals surface area (Å²) in [5.74, 6) is 1.87. The van der Waals surface area contributed by atoms with E-state index in [0.717, 1.165) is 24.8 Å². The molecule has 0 unspecified atom stereocenters. The molecule has 1 saturated heterocycles. The summed E-state index contributed by atoms with van der Waals surface area (Å²) in [5.41, 5.74) is 0. The van der Waals surface area contributed by atoms with Gasteiger partial charge in [0.15, 0.2) is 5.12 Å². The van der Waals surface area contributed by atoms with Crippen LogP contribution in [0.5, 0.6) is 0 Å². The van der Waals surface area contributed by atoms with Crippen LogP contribution in [0, 0.1) is 5.92 Å². The molecule has 1 rings (SSSR count). The average molecular weight is 224 g/mol. The van der Waals surface area contributed by atoms with E-state index in [-0.39, 0.29) is 17.5 Å². The van der Waals surface area contributed by atoms with Crippen LogP contribution in [-0.4, -0.2) is 24.0 Å². The van der Waals surface area contributed by atoms with Crippen LogP contribution in [0.4, 0.5) is 0 Å². The van der Waals surface area contributed by atoms with Crippen molar-refractivity contribution in [3.05, 3.63) is 0 Å². The SMILES string of the molecule is CC(=O)SCCC1CCNCC1.Cl. The number of hydrogen-bond donors (Lipinski definition) is 1. The van der Waals surface area contributed by atoms with Crippen LogP contribution in [0.15, 0.2) is 0 Å². The first-order chi connectivity index (χ1) is 5.79. The molecule has 0 amide bonds. The monoisotopic (exact) mass is 223 g/mol. The van der Waals surface area contributed by atoms with Gasteiger partial charge in [0.2, 0.25) is 0 Å². The largest absolute Gasteiger partial charge is 0.317 e. The van der Waals surface area contributed by atoms with Gasteiger partial charge in [0.05, 0.1) is 0 Å². The molecule has 0 saturated carbocycles. The van der Waals surface area contributed by atoms with Gasteiger partial charge in [0, 0.05) is 12.7 Å². The Balaban J connectivity index is 0.00000144. The van der Waals surface area contributed by atoms with Crippen molar-refractivity contribution in [2.45, 2.75) is 26.2 Å². The molecule has 1 aliphatic rings. The fraction of sp³-hybridized carbons (Fsp3) is 0.889. The molecule has 13 heavy (non-hydrogen) atoms. The summed E-state index contributed by atoms with van der Waals surface area (Å²) in [6, 6.07) is 0. The van der Waals surface area contributed by atoms with E-state index in [2.05, 4.69) is 5.32 Å². The predicted octanol–water partition coefficient (Wildman–Crippen LogP) is 2.08. The molecule has 1 fully saturated rings. The third-order valence-corrected chi connectivity index (χ3v) is 3.14. The normalized spacial score (nSPS) is 17.9. The molecule has 1 aliphatic heterocycles. The molecule has 0 aromatic rings. The van der Waals surface area contributed by atoms with Crippen molar-refractivity contribution >= 4 is 29.3 Å². The molecular weight excluding hydrogens is 206 g/mol. The Labute approximate surface area is 90.6 Å². The first-order valence-electron chi connectivity index (χ1n) is 4.63. The molecule has 4 heteroatoms.